The van der Waals surface area contributed by atoms with Gasteiger partial charge in [0.2, 0.25) is 10.0 Å². The fourth-order valence-corrected chi connectivity index (χ4v) is 4.43. The molecule has 9 nitrogen and oxygen atoms in total. The lowest BCUT2D eigenvalue weighted by atomic mass is 10.2. The molecular weight excluding hydrogens is 447 g/mol. The molecule has 3 heterocycles. The first-order chi connectivity index (χ1) is 15.2. The van der Waals surface area contributed by atoms with Crippen molar-refractivity contribution in [3.63, 3.8) is 0 Å². The summed E-state index contributed by atoms with van der Waals surface area (Å²) in [6.45, 7) is 0.270. The molecule has 0 spiro atoms. The van der Waals surface area contributed by atoms with Crippen LogP contribution in [0.15, 0.2) is 41.7 Å². The smallest absolute Gasteiger partial charge is 0.367 e. The van der Waals surface area contributed by atoms with E-state index in [0.717, 1.165) is 5.39 Å². The molecule has 0 radical (unpaired) electrons. The molecule has 0 amide bonds. The highest BCUT2D eigenvalue weighted by molar-refractivity contribution is 7.89. The molecule has 1 aromatic carbocycles. The Balaban J connectivity index is 1.66. The van der Waals surface area contributed by atoms with E-state index in [4.69, 9.17) is 0 Å². The second-order valence-electron chi connectivity index (χ2n) is 7.35. The van der Waals surface area contributed by atoms with Crippen molar-refractivity contribution in [3.05, 3.63) is 36.8 Å². The normalized spacial score (nSPS) is 15.9. The largest absolute Gasteiger partial charge is 0.401 e. The van der Waals surface area contributed by atoms with E-state index in [1.165, 1.54) is 30.4 Å². The van der Waals surface area contributed by atoms with E-state index >= 15 is 0 Å². The van der Waals surface area contributed by atoms with Crippen LogP contribution in [0.5, 0.6) is 0 Å². The summed E-state index contributed by atoms with van der Waals surface area (Å²) >= 11 is 0. The Hall–Kier alpha value is -2.90. The lowest BCUT2D eigenvalue weighted by molar-refractivity contribution is -0.146. The van der Waals surface area contributed by atoms with Gasteiger partial charge in [0.1, 0.15) is 17.8 Å². The maximum absolute atomic E-state index is 12.7. The minimum absolute atomic E-state index is 0.0568. The third-order valence-corrected chi connectivity index (χ3v) is 6.68. The summed E-state index contributed by atoms with van der Waals surface area (Å²) in [5.74, 6) is 0.479. The molecule has 1 saturated heterocycles. The highest BCUT2D eigenvalue weighted by Crippen LogP contribution is 2.33. The van der Waals surface area contributed by atoms with E-state index in [1.807, 2.05) is 4.90 Å². The van der Waals surface area contributed by atoms with E-state index in [-0.39, 0.29) is 18.0 Å². The topological polar surface area (TPSA) is 106 Å². The summed E-state index contributed by atoms with van der Waals surface area (Å²) in [5, 5.41) is 3.90. The quantitative estimate of drug-likeness (QED) is 0.509. The average molecular weight is 469 g/mol. The Bertz CT molecular complexity index is 1210. The molecule has 2 aromatic heterocycles. The first-order valence-electron chi connectivity index (χ1n) is 9.83. The maximum atomic E-state index is 12.7. The first kappa shape index (κ1) is 22.3. The summed E-state index contributed by atoms with van der Waals surface area (Å²) in [6.07, 6.45) is -1.15. The van der Waals surface area contributed by atoms with Gasteiger partial charge in [0.05, 0.1) is 28.2 Å². The molecule has 3 N–H and O–H groups in total. The molecule has 13 heteroatoms. The Morgan fingerprint density at radius 1 is 1.12 bits per heavy atom. The van der Waals surface area contributed by atoms with Crippen molar-refractivity contribution in [3.8, 4) is 0 Å². The van der Waals surface area contributed by atoms with Crippen molar-refractivity contribution in [1.82, 2.24) is 24.6 Å². The van der Waals surface area contributed by atoms with Crippen LogP contribution in [0, 0.1) is 0 Å². The van der Waals surface area contributed by atoms with Crippen LogP contribution in [-0.4, -0.2) is 74.2 Å². The summed E-state index contributed by atoms with van der Waals surface area (Å²) < 4.78 is 65.1. The molecule has 0 unspecified atom stereocenters. The third-order valence-electron chi connectivity index (χ3n) is 5.27. The van der Waals surface area contributed by atoms with Crippen LogP contribution in [0.2, 0.25) is 0 Å². The van der Waals surface area contributed by atoms with Crippen molar-refractivity contribution in [2.45, 2.75) is 11.1 Å². The highest BCUT2D eigenvalue weighted by Gasteiger charge is 2.32. The SMILES string of the molecule is CNS(=O)(=O)c1ccc(N2CCN(CC(F)(F)F)CC2)c(Nc2ncnc3[nH]ccc23)c1. The maximum Gasteiger partial charge on any atom is 0.401 e. The van der Waals surface area contributed by atoms with E-state index in [0.29, 0.717) is 35.9 Å². The predicted octanol–water partition coefficient (Wildman–Crippen LogP) is 2.29. The number of nitrogens with zero attached hydrogens (tertiary/aromatic N) is 4. The van der Waals surface area contributed by atoms with E-state index in [9.17, 15) is 21.6 Å². The number of alkyl halides is 3. The summed E-state index contributed by atoms with van der Waals surface area (Å²) in [4.78, 5) is 14.7. The van der Waals surface area contributed by atoms with Crippen molar-refractivity contribution in [1.29, 1.82) is 0 Å². The molecule has 3 aromatic rings. The zero-order valence-corrected chi connectivity index (χ0v) is 18.0. The van der Waals surface area contributed by atoms with Gasteiger partial charge in [-0.05, 0) is 31.3 Å². The number of aromatic amines is 1. The lowest BCUT2D eigenvalue weighted by Crippen LogP contribution is -2.49. The van der Waals surface area contributed by atoms with Gasteiger partial charge in [0.15, 0.2) is 0 Å². The van der Waals surface area contributed by atoms with Crippen LogP contribution < -0.4 is 14.9 Å². The van der Waals surface area contributed by atoms with Crippen molar-refractivity contribution >= 4 is 38.2 Å². The number of nitrogens with one attached hydrogen (secondary N) is 3. The van der Waals surface area contributed by atoms with E-state index in [1.54, 1.807) is 18.3 Å². The van der Waals surface area contributed by atoms with Crippen LogP contribution in [0.25, 0.3) is 11.0 Å². The molecule has 1 aliphatic heterocycles. The van der Waals surface area contributed by atoms with Gasteiger partial charge in [0, 0.05) is 32.4 Å². The number of benzene rings is 1. The fourth-order valence-electron chi connectivity index (χ4n) is 3.68. The molecule has 0 aliphatic carbocycles. The zero-order chi connectivity index (χ0) is 22.9. The van der Waals surface area contributed by atoms with Gasteiger partial charge in [0.25, 0.3) is 0 Å². The summed E-state index contributed by atoms with van der Waals surface area (Å²) in [6, 6.07) is 6.41. The third kappa shape index (κ3) is 4.79. The molecule has 0 bridgehead atoms. The van der Waals surface area contributed by atoms with Crippen LogP contribution >= 0.6 is 0 Å². The summed E-state index contributed by atoms with van der Waals surface area (Å²) in [5.41, 5.74) is 1.77. The second kappa shape index (κ2) is 8.56. The van der Waals surface area contributed by atoms with Crippen LogP contribution in [0.1, 0.15) is 0 Å². The van der Waals surface area contributed by atoms with Gasteiger partial charge >= 0.3 is 6.18 Å². The number of hydrogen-bond acceptors (Lipinski definition) is 7. The monoisotopic (exact) mass is 469 g/mol. The molecule has 0 saturated carbocycles. The van der Waals surface area contributed by atoms with Crippen LogP contribution in [0.3, 0.4) is 0 Å². The Kier molecular flexibility index (Phi) is 5.97. The Morgan fingerprint density at radius 2 is 1.88 bits per heavy atom. The molecule has 1 fully saturated rings. The number of rotatable bonds is 6. The predicted molar refractivity (Wildman–Crippen MR) is 115 cm³/mol. The zero-order valence-electron chi connectivity index (χ0n) is 17.1. The molecule has 172 valence electrons. The van der Waals surface area contributed by atoms with Gasteiger partial charge < -0.3 is 15.2 Å². The Labute approximate surface area is 182 Å². The van der Waals surface area contributed by atoms with Crippen molar-refractivity contribution in [2.75, 3.05) is 50.0 Å². The van der Waals surface area contributed by atoms with Gasteiger partial charge in [-0.15, -0.1) is 0 Å². The molecule has 32 heavy (non-hydrogen) atoms. The van der Waals surface area contributed by atoms with E-state index in [2.05, 4.69) is 25.0 Å². The van der Waals surface area contributed by atoms with Gasteiger partial charge in [-0.25, -0.2) is 23.1 Å². The van der Waals surface area contributed by atoms with E-state index < -0.39 is 22.7 Å². The lowest BCUT2D eigenvalue weighted by Gasteiger charge is -2.37. The Morgan fingerprint density at radius 3 is 2.56 bits per heavy atom. The number of sulfonamides is 1. The van der Waals surface area contributed by atoms with Crippen LogP contribution in [0.4, 0.5) is 30.4 Å². The first-order valence-corrected chi connectivity index (χ1v) is 11.3. The van der Waals surface area contributed by atoms with Gasteiger partial charge in [-0.2, -0.15) is 13.2 Å². The number of piperazine rings is 1. The molecule has 0 atom stereocenters. The number of aromatic nitrogens is 3. The standard InChI is InChI=1S/C19H22F3N7O2S/c1-23-32(30,31)13-2-3-16(29-8-6-28(7-9-29)11-19(20,21)22)15(10-13)27-18-14-4-5-24-17(14)25-12-26-18/h2-5,10,12,23H,6-9,11H2,1H3,(H2,24,25,26,27). The highest BCUT2D eigenvalue weighted by atomic mass is 32.2. The van der Waals surface area contributed by atoms with Gasteiger partial charge in [-0.1, -0.05) is 0 Å². The number of H-pyrrole nitrogens is 1. The fraction of sp³-hybridized carbons (Fsp3) is 0.368. The minimum atomic E-state index is -4.24. The number of fused-ring (bicyclic) bond motifs is 1. The van der Waals surface area contributed by atoms with Crippen molar-refractivity contribution in [2.24, 2.45) is 0 Å². The molecular formula is C19H22F3N7O2S. The van der Waals surface area contributed by atoms with Crippen LogP contribution in [-0.2, 0) is 10.0 Å². The average Bonchev–Trinajstić information content (AvgIpc) is 3.23. The molecule has 4 rings (SSSR count). The minimum Gasteiger partial charge on any atom is -0.367 e. The number of hydrogen-bond donors (Lipinski definition) is 3. The second-order valence-corrected chi connectivity index (χ2v) is 9.24. The van der Waals surface area contributed by atoms with Crippen molar-refractivity contribution < 1.29 is 21.6 Å². The number of halogens is 3. The summed E-state index contributed by atoms with van der Waals surface area (Å²) in [7, 11) is -2.38. The molecule has 1 aliphatic rings. The number of anilines is 3. The van der Waals surface area contributed by atoms with Gasteiger partial charge in [-0.3, -0.25) is 4.90 Å².